The number of amides is 1. The van der Waals surface area contributed by atoms with E-state index in [2.05, 4.69) is 25.5 Å². The van der Waals surface area contributed by atoms with Gasteiger partial charge in [-0.15, -0.1) is 11.3 Å². The number of alkyl halides is 3. The van der Waals surface area contributed by atoms with Crippen LogP contribution in [0.2, 0.25) is 0 Å². The Morgan fingerprint density at radius 3 is 2.55 bits per heavy atom. The Hall–Kier alpha value is -3.53. The van der Waals surface area contributed by atoms with E-state index in [0.717, 1.165) is 29.0 Å². The van der Waals surface area contributed by atoms with Gasteiger partial charge >= 0.3 is 6.18 Å². The second-order valence-corrected chi connectivity index (χ2v) is 7.57. The zero-order valence-electron chi connectivity index (χ0n) is 16.1. The lowest BCUT2D eigenvalue weighted by Crippen LogP contribution is -2.30. The summed E-state index contributed by atoms with van der Waals surface area (Å²) >= 11 is 1.10. The van der Waals surface area contributed by atoms with Gasteiger partial charge in [0.2, 0.25) is 0 Å². The highest BCUT2D eigenvalue weighted by Gasteiger charge is 2.30. The standard InChI is InChI=1S/C21H16F3N5OS/c1-12-25-18(29-28-12)17(13-6-3-2-4-7-13)27-19(30)16-11-31-20(26-16)14-8-5-9-15(10-14)21(22,23)24/h2-11,17H,1H3,(H,27,30)(H,25,28,29). The average Bonchev–Trinajstić information content (AvgIpc) is 3.41. The van der Waals surface area contributed by atoms with Crippen molar-refractivity contribution in [1.82, 2.24) is 25.5 Å². The summed E-state index contributed by atoms with van der Waals surface area (Å²) in [4.78, 5) is 21.4. The molecule has 6 nitrogen and oxygen atoms in total. The molecule has 0 saturated carbocycles. The maximum Gasteiger partial charge on any atom is 0.416 e. The van der Waals surface area contributed by atoms with Crippen LogP contribution in [0, 0.1) is 6.92 Å². The molecule has 0 saturated heterocycles. The lowest BCUT2D eigenvalue weighted by atomic mass is 10.1. The van der Waals surface area contributed by atoms with E-state index < -0.39 is 23.7 Å². The first-order valence-corrected chi connectivity index (χ1v) is 10.1. The quantitative estimate of drug-likeness (QED) is 0.465. The molecule has 2 heterocycles. The zero-order valence-corrected chi connectivity index (χ0v) is 17.0. The van der Waals surface area contributed by atoms with Crippen LogP contribution in [-0.4, -0.2) is 26.1 Å². The third-order valence-electron chi connectivity index (χ3n) is 4.45. The highest BCUT2D eigenvalue weighted by atomic mass is 32.1. The summed E-state index contributed by atoms with van der Waals surface area (Å²) < 4.78 is 39.0. The van der Waals surface area contributed by atoms with Gasteiger partial charge in [0.15, 0.2) is 5.82 Å². The Morgan fingerprint density at radius 2 is 1.87 bits per heavy atom. The minimum atomic E-state index is -4.45. The van der Waals surface area contributed by atoms with Crippen molar-refractivity contribution in [2.24, 2.45) is 0 Å². The molecule has 4 aromatic rings. The van der Waals surface area contributed by atoms with Crippen LogP contribution in [0.5, 0.6) is 0 Å². The molecule has 10 heteroatoms. The van der Waals surface area contributed by atoms with Crippen molar-refractivity contribution in [2.45, 2.75) is 19.1 Å². The second-order valence-electron chi connectivity index (χ2n) is 6.71. The molecule has 0 spiro atoms. The summed E-state index contributed by atoms with van der Waals surface area (Å²) in [6, 6.07) is 13.4. The van der Waals surface area contributed by atoms with Crippen molar-refractivity contribution in [3.05, 3.63) is 88.4 Å². The van der Waals surface area contributed by atoms with E-state index in [9.17, 15) is 18.0 Å². The SMILES string of the molecule is Cc1nc(C(NC(=O)c2csc(-c3cccc(C(F)(F)F)c3)n2)c2ccccc2)n[nH]1. The molecule has 1 unspecified atom stereocenters. The molecule has 2 aromatic carbocycles. The molecule has 158 valence electrons. The number of nitrogens with zero attached hydrogens (tertiary/aromatic N) is 3. The lowest BCUT2D eigenvalue weighted by molar-refractivity contribution is -0.137. The topological polar surface area (TPSA) is 83.6 Å². The summed E-state index contributed by atoms with van der Waals surface area (Å²) in [5.41, 5.74) is 0.409. The van der Waals surface area contributed by atoms with Crippen LogP contribution in [-0.2, 0) is 6.18 Å². The largest absolute Gasteiger partial charge is 0.416 e. The van der Waals surface area contributed by atoms with Crippen LogP contribution in [0.25, 0.3) is 10.6 Å². The predicted octanol–water partition coefficient (Wildman–Crippen LogP) is 4.77. The van der Waals surface area contributed by atoms with Crippen molar-refractivity contribution in [3.63, 3.8) is 0 Å². The molecule has 2 aromatic heterocycles. The Labute approximate surface area is 179 Å². The Bertz CT molecular complexity index is 1200. The molecule has 2 N–H and O–H groups in total. The van der Waals surface area contributed by atoms with Crippen molar-refractivity contribution in [2.75, 3.05) is 0 Å². The van der Waals surface area contributed by atoms with E-state index in [0.29, 0.717) is 22.2 Å². The first kappa shape index (κ1) is 20.7. The fourth-order valence-electron chi connectivity index (χ4n) is 2.98. The molecule has 0 radical (unpaired) electrons. The molecule has 1 atom stereocenters. The molecule has 1 amide bonds. The third kappa shape index (κ3) is 4.64. The summed E-state index contributed by atoms with van der Waals surface area (Å²) in [5, 5.41) is 11.6. The second kappa shape index (κ2) is 8.31. The Morgan fingerprint density at radius 1 is 1.10 bits per heavy atom. The summed E-state index contributed by atoms with van der Waals surface area (Å²) in [6.07, 6.45) is -4.45. The van der Waals surface area contributed by atoms with E-state index in [-0.39, 0.29) is 5.69 Å². The van der Waals surface area contributed by atoms with Crippen LogP contribution in [0.1, 0.15) is 39.3 Å². The summed E-state index contributed by atoms with van der Waals surface area (Å²) in [5.74, 6) is 0.516. The normalized spacial score (nSPS) is 12.5. The number of hydrogen-bond donors (Lipinski definition) is 2. The number of carbonyl (C=O) groups excluding carboxylic acids is 1. The molecule has 4 rings (SSSR count). The maximum absolute atomic E-state index is 13.0. The van der Waals surface area contributed by atoms with Gasteiger partial charge in [0, 0.05) is 10.9 Å². The fraction of sp³-hybridized carbons (Fsp3) is 0.143. The van der Waals surface area contributed by atoms with Crippen LogP contribution < -0.4 is 5.32 Å². The van der Waals surface area contributed by atoms with Crippen LogP contribution >= 0.6 is 11.3 Å². The number of carbonyl (C=O) groups is 1. The fourth-order valence-corrected chi connectivity index (χ4v) is 3.77. The maximum atomic E-state index is 13.0. The molecule has 0 aliphatic heterocycles. The van der Waals surface area contributed by atoms with Gasteiger partial charge in [0.25, 0.3) is 5.91 Å². The third-order valence-corrected chi connectivity index (χ3v) is 5.35. The Kier molecular flexibility index (Phi) is 5.55. The smallest absolute Gasteiger partial charge is 0.336 e. The van der Waals surface area contributed by atoms with Crippen molar-refractivity contribution in [1.29, 1.82) is 0 Å². The Balaban J connectivity index is 1.59. The van der Waals surface area contributed by atoms with Gasteiger partial charge in [-0.1, -0.05) is 42.5 Å². The number of rotatable bonds is 5. The number of halogens is 3. The monoisotopic (exact) mass is 443 g/mol. The number of nitrogens with one attached hydrogen (secondary N) is 2. The number of benzene rings is 2. The van der Waals surface area contributed by atoms with Crippen LogP contribution in [0.15, 0.2) is 60.0 Å². The summed E-state index contributed by atoms with van der Waals surface area (Å²) in [7, 11) is 0. The van der Waals surface area contributed by atoms with Crippen molar-refractivity contribution < 1.29 is 18.0 Å². The molecule has 0 aliphatic carbocycles. The summed E-state index contributed by atoms with van der Waals surface area (Å²) in [6.45, 7) is 1.75. The van der Waals surface area contributed by atoms with Gasteiger partial charge < -0.3 is 5.32 Å². The van der Waals surface area contributed by atoms with E-state index >= 15 is 0 Å². The molecule has 0 bridgehead atoms. The number of thiazole rings is 1. The minimum absolute atomic E-state index is 0.102. The van der Waals surface area contributed by atoms with Gasteiger partial charge in [-0.3, -0.25) is 9.89 Å². The number of hydrogen-bond acceptors (Lipinski definition) is 5. The highest BCUT2D eigenvalue weighted by molar-refractivity contribution is 7.13. The number of aromatic amines is 1. The predicted molar refractivity (Wildman–Crippen MR) is 109 cm³/mol. The number of aromatic nitrogens is 4. The van der Waals surface area contributed by atoms with Gasteiger partial charge in [-0.2, -0.15) is 18.3 Å². The number of H-pyrrole nitrogens is 1. The first-order valence-electron chi connectivity index (χ1n) is 9.19. The van der Waals surface area contributed by atoms with E-state index in [1.54, 1.807) is 6.92 Å². The lowest BCUT2D eigenvalue weighted by Gasteiger charge is -2.15. The highest BCUT2D eigenvalue weighted by Crippen LogP contribution is 2.33. The zero-order chi connectivity index (χ0) is 22.0. The average molecular weight is 443 g/mol. The minimum Gasteiger partial charge on any atom is -0.336 e. The molecule has 0 fully saturated rings. The van der Waals surface area contributed by atoms with E-state index in [1.165, 1.54) is 17.5 Å². The van der Waals surface area contributed by atoms with Gasteiger partial charge in [-0.05, 0) is 24.6 Å². The van der Waals surface area contributed by atoms with Crippen molar-refractivity contribution in [3.8, 4) is 10.6 Å². The van der Waals surface area contributed by atoms with Crippen molar-refractivity contribution >= 4 is 17.2 Å². The van der Waals surface area contributed by atoms with Crippen LogP contribution in [0.3, 0.4) is 0 Å². The van der Waals surface area contributed by atoms with E-state index in [4.69, 9.17) is 0 Å². The van der Waals surface area contributed by atoms with Gasteiger partial charge in [0.05, 0.1) is 5.56 Å². The van der Waals surface area contributed by atoms with Crippen LogP contribution in [0.4, 0.5) is 13.2 Å². The first-order chi connectivity index (χ1) is 14.8. The van der Waals surface area contributed by atoms with Gasteiger partial charge in [-0.25, -0.2) is 9.97 Å². The van der Waals surface area contributed by atoms with Gasteiger partial charge in [0.1, 0.15) is 22.6 Å². The van der Waals surface area contributed by atoms with E-state index in [1.807, 2.05) is 30.3 Å². The molecular formula is C21H16F3N5OS. The molecular weight excluding hydrogens is 427 g/mol. The number of aryl methyl sites for hydroxylation is 1. The molecule has 0 aliphatic rings. The molecule has 31 heavy (non-hydrogen) atoms.